The number of hydrazone groups is 1. The van der Waals surface area contributed by atoms with Crippen LogP contribution in [-0.4, -0.2) is 11.3 Å². The zero-order chi connectivity index (χ0) is 13.1. The summed E-state index contributed by atoms with van der Waals surface area (Å²) in [4.78, 5) is 0. The minimum Gasteiger partial charge on any atom is -0.375 e. The van der Waals surface area contributed by atoms with Gasteiger partial charge in [0, 0.05) is 4.47 Å². The van der Waals surface area contributed by atoms with E-state index in [9.17, 15) is 13.2 Å². The molecule has 0 bridgehead atoms. The van der Waals surface area contributed by atoms with Crippen LogP contribution in [0.25, 0.3) is 0 Å². The molecule has 8 heteroatoms. The maximum Gasteiger partial charge on any atom is 0.416 e. The number of nitrogens with two attached hydrogens (primary N) is 1. The molecular formula is C9H7BrF3N3S. The van der Waals surface area contributed by atoms with E-state index in [2.05, 4.69) is 38.7 Å². The highest BCUT2D eigenvalue weighted by Crippen LogP contribution is 2.31. The molecule has 3 N–H and O–H groups in total. The van der Waals surface area contributed by atoms with E-state index in [1.807, 2.05) is 0 Å². The molecule has 0 aliphatic rings. The maximum atomic E-state index is 12.5. The predicted molar refractivity (Wildman–Crippen MR) is 66.7 cm³/mol. The van der Waals surface area contributed by atoms with Crippen LogP contribution < -0.4 is 11.2 Å². The minimum absolute atomic E-state index is 0.0627. The molecular weight excluding hydrogens is 319 g/mol. The highest BCUT2D eigenvalue weighted by molar-refractivity contribution is 9.10. The van der Waals surface area contributed by atoms with Gasteiger partial charge in [-0.25, -0.2) is 0 Å². The van der Waals surface area contributed by atoms with Crippen LogP contribution in [0.1, 0.15) is 11.1 Å². The first kappa shape index (κ1) is 13.9. The Morgan fingerprint density at radius 3 is 2.59 bits per heavy atom. The Labute approximate surface area is 109 Å². The van der Waals surface area contributed by atoms with Crippen molar-refractivity contribution in [2.45, 2.75) is 6.18 Å². The standard InChI is InChI=1S/C9H7BrF3N3S/c10-7-2-5(4-15-16-8(14)17)1-6(3-7)9(11,12)13/h1-4H,(H3,14,16,17). The van der Waals surface area contributed by atoms with Crippen molar-refractivity contribution in [3.63, 3.8) is 0 Å². The second-order valence-corrected chi connectivity index (χ2v) is 4.36. The number of nitrogens with one attached hydrogen (secondary N) is 1. The monoisotopic (exact) mass is 325 g/mol. The fourth-order valence-electron chi connectivity index (χ4n) is 1.02. The molecule has 0 spiro atoms. The summed E-state index contributed by atoms with van der Waals surface area (Å²) in [6.45, 7) is 0. The molecule has 0 aliphatic carbocycles. The molecule has 1 aromatic rings. The quantitative estimate of drug-likeness (QED) is 0.499. The second-order valence-electron chi connectivity index (χ2n) is 3.01. The van der Waals surface area contributed by atoms with Gasteiger partial charge in [-0.3, -0.25) is 5.43 Å². The van der Waals surface area contributed by atoms with Gasteiger partial charge >= 0.3 is 6.18 Å². The first-order chi connectivity index (χ1) is 7.79. The SMILES string of the molecule is NC(=S)NN=Cc1cc(Br)cc(C(F)(F)F)c1. The average molecular weight is 326 g/mol. The third-order valence-corrected chi connectivity index (χ3v) is 2.18. The lowest BCUT2D eigenvalue weighted by atomic mass is 10.1. The van der Waals surface area contributed by atoms with E-state index in [0.717, 1.165) is 12.1 Å². The van der Waals surface area contributed by atoms with Gasteiger partial charge < -0.3 is 5.73 Å². The Morgan fingerprint density at radius 2 is 2.06 bits per heavy atom. The molecule has 0 atom stereocenters. The van der Waals surface area contributed by atoms with Crippen molar-refractivity contribution in [1.82, 2.24) is 5.43 Å². The van der Waals surface area contributed by atoms with Crippen LogP contribution in [-0.2, 0) is 6.18 Å². The number of rotatable bonds is 2. The number of hydrogen-bond acceptors (Lipinski definition) is 2. The molecule has 0 amide bonds. The normalized spacial score (nSPS) is 11.8. The lowest BCUT2D eigenvalue weighted by Crippen LogP contribution is -2.24. The maximum absolute atomic E-state index is 12.5. The fourth-order valence-corrected chi connectivity index (χ4v) is 1.58. The molecule has 0 aliphatic heterocycles. The van der Waals surface area contributed by atoms with E-state index in [1.54, 1.807) is 0 Å². The van der Waals surface area contributed by atoms with Crippen LogP contribution in [0.2, 0.25) is 0 Å². The summed E-state index contributed by atoms with van der Waals surface area (Å²) in [7, 11) is 0. The zero-order valence-electron chi connectivity index (χ0n) is 8.25. The van der Waals surface area contributed by atoms with E-state index in [0.29, 0.717) is 4.47 Å². The van der Waals surface area contributed by atoms with Crippen LogP contribution >= 0.6 is 28.1 Å². The number of thiocarbonyl (C=S) groups is 1. The van der Waals surface area contributed by atoms with E-state index >= 15 is 0 Å². The second kappa shape index (κ2) is 5.46. The van der Waals surface area contributed by atoms with Gasteiger partial charge in [0.15, 0.2) is 5.11 Å². The number of nitrogens with zero attached hydrogens (tertiary/aromatic N) is 1. The lowest BCUT2D eigenvalue weighted by molar-refractivity contribution is -0.137. The molecule has 0 aromatic heterocycles. The van der Waals surface area contributed by atoms with Crippen molar-refractivity contribution >= 4 is 39.5 Å². The Hall–Kier alpha value is -1.15. The first-order valence-electron chi connectivity index (χ1n) is 4.25. The Kier molecular flexibility index (Phi) is 4.47. The number of hydrogen-bond donors (Lipinski definition) is 2. The highest BCUT2D eigenvalue weighted by Gasteiger charge is 2.30. The van der Waals surface area contributed by atoms with Crippen LogP contribution in [0.3, 0.4) is 0 Å². The third-order valence-electron chi connectivity index (χ3n) is 1.64. The fraction of sp³-hybridized carbons (Fsp3) is 0.111. The first-order valence-corrected chi connectivity index (χ1v) is 5.45. The molecule has 0 heterocycles. The van der Waals surface area contributed by atoms with E-state index in [4.69, 9.17) is 5.73 Å². The summed E-state index contributed by atoms with van der Waals surface area (Å²) in [5, 5.41) is 3.51. The van der Waals surface area contributed by atoms with Crippen LogP contribution in [0.15, 0.2) is 27.8 Å². The molecule has 1 aromatic carbocycles. The lowest BCUT2D eigenvalue weighted by Gasteiger charge is -2.07. The van der Waals surface area contributed by atoms with Crippen LogP contribution in [0.4, 0.5) is 13.2 Å². The van der Waals surface area contributed by atoms with Crippen LogP contribution in [0, 0.1) is 0 Å². The summed E-state index contributed by atoms with van der Waals surface area (Å²) in [5.74, 6) is 0. The molecule has 1 rings (SSSR count). The van der Waals surface area contributed by atoms with E-state index < -0.39 is 11.7 Å². The molecule has 0 saturated carbocycles. The average Bonchev–Trinajstić information content (AvgIpc) is 2.14. The summed E-state index contributed by atoms with van der Waals surface area (Å²) < 4.78 is 37.7. The molecule has 92 valence electrons. The van der Waals surface area contributed by atoms with Crippen molar-refractivity contribution < 1.29 is 13.2 Å². The molecule has 0 radical (unpaired) electrons. The van der Waals surface area contributed by atoms with Crippen molar-refractivity contribution in [2.24, 2.45) is 10.8 Å². The van der Waals surface area contributed by atoms with Gasteiger partial charge in [0.1, 0.15) is 0 Å². The van der Waals surface area contributed by atoms with Gasteiger partial charge in [-0.15, -0.1) is 0 Å². The van der Waals surface area contributed by atoms with Gasteiger partial charge in [-0.1, -0.05) is 15.9 Å². The Morgan fingerprint density at radius 1 is 1.41 bits per heavy atom. The summed E-state index contributed by atoms with van der Waals surface area (Å²) >= 11 is 7.48. The summed E-state index contributed by atoms with van der Waals surface area (Å²) in [6.07, 6.45) is -3.21. The van der Waals surface area contributed by atoms with Gasteiger partial charge in [0.05, 0.1) is 11.8 Å². The molecule has 0 unspecified atom stereocenters. The predicted octanol–water partition coefficient (Wildman–Crippen LogP) is 2.64. The van der Waals surface area contributed by atoms with Crippen molar-refractivity contribution in [2.75, 3.05) is 0 Å². The topological polar surface area (TPSA) is 50.4 Å². The smallest absolute Gasteiger partial charge is 0.375 e. The Bertz CT molecular complexity index is 459. The van der Waals surface area contributed by atoms with E-state index in [1.165, 1.54) is 12.3 Å². The largest absolute Gasteiger partial charge is 0.416 e. The van der Waals surface area contributed by atoms with Crippen molar-refractivity contribution in [3.8, 4) is 0 Å². The minimum atomic E-state index is -4.40. The van der Waals surface area contributed by atoms with Crippen molar-refractivity contribution in [3.05, 3.63) is 33.8 Å². The number of alkyl halides is 3. The van der Waals surface area contributed by atoms with Gasteiger partial charge in [0.2, 0.25) is 0 Å². The van der Waals surface area contributed by atoms with Gasteiger partial charge in [-0.05, 0) is 36.0 Å². The molecule has 3 nitrogen and oxygen atoms in total. The highest BCUT2D eigenvalue weighted by atomic mass is 79.9. The summed E-state index contributed by atoms with van der Waals surface area (Å²) in [6, 6.07) is 3.44. The van der Waals surface area contributed by atoms with Gasteiger partial charge in [-0.2, -0.15) is 18.3 Å². The number of benzene rings is 1. The number of halogens is 4. The molecule has 17 heavy (non-hydrogen) atoms. The van der Waals surface area contributed by atoms with E-state index in [-0.39, 0.29) is 10.7 Å². The molecule has 0 saturated heterocycles. The zero-order valence-corrected chi connectivity index (χ0v) is 10.7. The van der Waals surface area contributed by atoms with Crippen molar-refractivity contribution in [1.29, 1.82) is 0 Å². The third kappa shape index (κ3) is 4.70. The molecule has 0 fully saturated rings. The van der Waals surface area contributed by atoms with Crippen LogP contribution in [0.5, 0.6) is 0 Å². The Balaban J connectivity index is 2.98. The summed E-state index contributed by atoms with van der Waals surface area (Å²) in [5.41, 5.74) is 6.87. The van der Waals surface area contributed by atoms with Gasteiger partial charge in [0.25, 0.3) is 0 Å².